The van der Waals surface area contributed by atoms with Crippen LogP contribution >= 0.6 is 11.6 Å². The first-order valence-electron chi connectivity index (χ1n) is 4.06. The van der Waals surface area contributed by atoms with Crippen LogP contribution in [-0.2, 0) is 14.8 Å². The van der Waals surface area contributed by atoms with E-state index >= 15 is 0 Å². The van der Waals surface area contributed by atoms with Gasteiger partial charge in [0.2, 0.25) is 15.9 Å². The molecule has 0 fully saturated rings. The van der Waals surface area contributed by atoms with Gasteiger partial charge in [0.15, 0.2) is 0 Å². The van der Waals surface area contributed by atoms with Crippen molar-refractivity contribution >= 4 is 27.5 Å². The van der Waals surface area contributed by atoms with Crippen molar-refractivity contribution in [2.24, 2.45) is 5.92 Å². The number of nitrogens with zero attached hydrogens (tertiary/aromatic N) is 1. The van der Waals surface area contributed by atoms with Crippen LogP contribution in [0.5, 0.6) is 0 Å². The maximum Gasteiger partial charge on any atom is 0.227 e. The Bertz CT molecular complexity index is 291. The number of hydrogen-bond acceptors (Lipinski definition) is 3. The highest BCUT2D eigenvalue weighted by molar-refractivity contribution is 7.90. The molecule has 84 valence electrons. The quantitative estimate of drug-likeness (QED) is 0.681. The number of alkyl halides is 1. The molecular weight excluding hydrogens is 228 g/mol. The van der Waals surface area contributed by atoms with Crippen molar-refractivity contribution in [1.82, 2.24) is 9.62 Å². The molecular formula is C7H15ClN2O3S. The molecule has 14 heavy (non-hydrogen) atoms. The molecule has 0 aromatic carbocycles. The van der Waals surface area contributed by atoms with Gasteiger partial charge < -0.3 is 5.32 Å². The lowest BCUT2D eigenvalue weighted by Gasteiger charge is -2.18. The summed E-state index contributed by atoms with van der Waals surface area (Å²) in [5.74, 6) is -0.579. The van der Waals surface area contributed by atoms with Gasteiger partial charge >= 0.3 is 0 Å². The van der Waals surface area contributed by atoms with Gasteiger partial charge in [-0.1, -0.05) is 6.92 Å². The van der Waals surface area contributed by atoms with Crippen molar-refractivity contribution in [2.45, 2.75) is 6.92 Å². The summed E-state index contributed by atoms with van der Waals surface area (Å²) in [7, 11) is -0.507. The van der Waals surface area contributed by atoms with Crippen LogP contribution in [0, 0.1) is 5.92 Å². The first-order valence-corrected chi connectivity index (χ1v) is 6.21. The number of rotatable bonds is 5. The maximum absolute atomic E-state index is 11.2. The molecule has 1 amide bonds. The predicted molar refractivity (Wildman–Crippen MR) is 55.5 cm³/mol. The van der Waals surface area contributed by atoms with Gasteiger partial charge in [0.25, 0.3) is 0 Å². The summed E-state index contributed by atoms with van der Waals surface area (Å²) in [6.07, 6.45) is 0. The molecule has 0 spiro atoms. The summed E-state index contributed by atoms with van der Waals surface area (Å²) in [6, 6.07) is 0. The van der Waals surface area contributed by atoms with Gasteiger partial charge in [0.05, 0.1) is 0 Å². The van der Waals surface area contributed by atoms with Crippen LogP contribution < -0.4 is 5.32 Å². The SMILES string of the molecule is CNC(=O)C(C)CN(C)S(=O)(=O)CCl. The first kappa shape index (κ1) is 13.7. The van der Waals surface area contributed by atoms with Gasteiger partial charge in [0.1, 0.15) is 5.21 Å². The van der Waals surface area contributed by atoms with Crippen molar-refractivity contribution in [3.8, 4) is 0 Å². The third kappa shape index (κ3) is 3.81. The summed E-state index contributed by atoms with van der Waals surface area (Å²) >= 11 is 5.25. The van der Waals surface area contributed by atoms with Crippen molar-refractivity contribution in [3.05, 3.63) is 0 Å². The number of nitrogens with one attached hydrogen (secondary N) is 1. The molecule has 0 saturated carbocycles. The van der Waals surface area contributed by atoms with E-state index in [1.807, 2.05) is 0 Å². The number of carbonyl (C=O) groups is 1. The fourth-order valence-corrected chi connectivity index (χ4v) is 2.03. The van der Waals surface area contributed by atoms with E-state index in [0.717, 1.165) is 4.31 Å². The second-order valence-electron chi connectivity index (χ2n) is 3.02. The molecule has 0 aliphatic rings. The van der Waals surface area contributed by atoms with Crippen LogP contribution in [-0.4, -0.2) is 44.5 Å². The molecule has 0 saturated heterocycles. The van der Waals surface area contributed by atoms with Crippen molar-refractivity contribution < 1.29 is 13.2 Å². The Morgan fingerprint density at radius 3 is 2.43 bits per heavy atom. The Hall–Kier alpha value is -0.330. The normalized spacial score (nSPS) is 14.1. The van der Waals surface area contributed by atoms with E-state index in [1.165, 1.54) is 14.1 Å². The van der Waals surface area contributed by atoms with Crippen LogP contribution in [0.4, 0.5) is 0 Å². The maximum atomic E-state index is 11.2. The molecule has 1 N–H and O–H groups in total. The molecule has 5 nitrogen and oxygen atoms in total. The highest BCUT2D eigenvalue weighted by atomic mass is 35.5. The van der Waals surface area contributed by atoms with Gasteiger partial charge in [-0.05, 0) is 0 Å². The van der Waals surface area contributed by atoms with Crippen molar-refractivity contribution in [2.75, 3.05) is 25.9 Å². The van der Waals surface area contributed by atoms with E-state index < -0.39 is 15.2 Å². The summed E-state index contributed by atoms with van der Waals surface area (Å²) in [6.45, 7) is 1.79. The lowest BCUT2D eigenvalue weighted by molar-refractivity contribution is -0.124. The van der Waals surface area contributed by atoms with Gasteiger partial charge in [-0.15, -0.1) is 11.6 Å². The van der Waals surface area contributed by atoms with E-state index in [9.17, 15) is 13.2 Å². The van der Waals surface area contributed by atoms with Gasteiger partial charge in [-0.2, -0.15) is 0 Å². The number of hydrogen-bond donors (Lipinski definition) is 1. The fourth-order valence-electron chi connectivity index (χ4n) is 0.912. The molecule has 0 aliphatic carbocycles. The Labute approximate surface area is 89.5 Å². The van der Waals surface area contributed by atoms with Crippen LogP contribution in [0.15, 0.2) is 0 Å². The molecule has 0 aromatic rings. The summed E-state index contributed by atoms with van der Waals surface area (Å²) in [5.41, 5.74) is 0. The molecule has 0 radical (unpaired) electrons. The highest BCUT2D eigenvalue weighted by Gasteiger charge is 2.21. The molecule has 0 heterocycles. The summed E-state index contributed by atoms with van der Waals surface area (Å²) in [5, 5.41) is 1.98. The van der Waals surface area contributed by atoms with E-state index in [-0.39, 0.29) is 18.4 Å². The molecule has 0 bridgehead atoms. The Balaban J connectivity index is 4.33. The molecule has 0 aromatic heterocycles. The van der Waals surface area contributed by atoms with Gasteiger partial charge in [-0.25, -0.2) is 12.7 Å². The number of amides is 1. The Morgan fingerprint density at radius 1 is 1.57 bits per heavy atom. The zero-order chi connectivity index (χ0) is 11.4. The molecule has 7 heteroatoms. The van der Waals surface area contributed by atoms with E-state index in [0.29, 0.717) is 0 Å². The first-order chi connectivity index (χ1) is 6.35. The lowest BCUT2D eigenvalue weighted by atomic mass is 10.2. The topological polar surface area (TPSA) is 66.5 Å². The minimum atomic E-state index is -3.42. The zero-order valence-corrected chi connectivity index (χ0v) is 10.0. The van der Waals surface area contributed by atoms with Crippen molar-refractivity contribution in [3.63, 3.8) is 0 Å². The summed E-state index contributed by atoms with van der Waals surface area (Å²) < 4.78 is 23.5. The summed E-state index contributed by atoms with van der Waals surface area (Å²) in [4.78, 5) is 11.1. The lowest BCUT2D eigenvalue weighted by Crippen LogP contribution is -2.37. The molecule has 1 atom stereocenters. The monoisotopic (exact) mass is 242 g/mol. The molecule has 1 unspecified atom stereocenters. The fraction of sp³-hybridized carbons (Fsp3) is 0.857. The van der Waals surface area contributed by atoms with Gasteiger partial charge in [0, 0.05) is 26.6 Å². The van der Waals surface area contributed by atoms with Crippen LogP contribution in [0.1, 0.15) is 6.92 Å². The van der Waals surface area contributed by atoms with Crippen LogP contribution in [0.2, 0.25) is 0 Å². The third-order valence-electron chi connectivity index (χ3n) is 1.84. The zero-order valence-electron chi connectivity index (χ0n) is 8.45. The minimum absolute atomic E-state index is 0.134. The molecule has 0 rings (SSSR count). The minimum Gasteiger partial charge on any atom is -0.359 e. The van der Waals surface area contributed by atoms with Crippen molar-refractivity contribution in [1.29, 1.82) is 0 Å². The van der Waals surface area contributed by atoms with E-state index in [2.05, 4.69) is 5.32 Å². The number of sulfonamides is 1. The van der Waals surface area contributed by atoms with Crippen LogP contribution in [0.25, 0.3) is 0 Å². The predicted octanol–water partition coefficient (Wildman–Crippen LogP) is -0.174. The van der Waals surface area contributed by atoms with E-state index in [1.54, 1.807) is 6.92 Å². The van der Waals surface area contributed by atoms with E-state index in [4.69, 9.17) is 11.6 Å². The number of carbonyl (C=O) groups excluding carboxylic acids is 1. The third-order valence-corrected chi connectivity index (χ3v) is 4.04. The smallest absolute Gasteiger partial charge is 0.227 e. The highest BCUT2D eigenvalue weighted by Crippen LogP contribution is 2.05. The van der Waals surface area contributed by atoms with Crippen LogP contribution in [0.3, 0.4) is 0 Å². The van der Waals surface area contributed by atoms with Gasteiger partial charge in [-0.3, -0.25) is 4.79 Å². The Kier molecular flexibility index (Phi) is 5.40. The number of halogens is 1. The second kappa shape index (κ2) is 5.53. The second-order valence-corrected chi connectivity index (χ2v) is 5.68. The average molecular weight is 243 g/mol. The molecule has 0 aliphatic heterocycles. The Morgan fingerprint density at radius 2 is 2.07 bits per heavy atom. The largest absolute Gasteiger partial charge is 0.359 e. The average Bonchev–Trinajstić information content (AvgIpc) is 2.16. The standard InChI is InChI=1S/C7H15ClN2O3S/c1-6(7(11)9-2)4-10(3)14(12,13)5-8/h6H,4-5H2,1-3H3,(H,9,11).